The lowest BCUT2D eigenvalue weighted by Crippen LogP contribution is -2.39. The van der Waals surface area contributed by atoms with Crippen molar-refractivity contribution in [3.05, 3.63) is 91.4 Å². The van der Waals surface area contributed by atoms with Crippen molar-refractivity contribution in [1.29, 1.82) is 0 Å². The Hall–Kier alpha value is -1.67. The maximum absolute atomic E-state index is 13.0. The highest BCUT2D eigenvalue weighted by Gasteiger charge is 2.51. The summed E-state index contributed by atoms with van der Waals surface area (Å²) in [6.07, 6.45) is 0. The monoisotopic (exact) mass is 492 g/mol. The second-order valence-electron chi connectivity index (χ2n) is 6.12. The van der Waals surface area contributed by atoms with Crippen LogP contribution >= 0.6 is 46.4 Å². The number of hydrogen-bond donors (Lipinski definition) is 3. The van der Waals surface area contributed by atoms with Crippen molar-refractivity contribution in [2.45, 2.75) is 4.75 Å². The molecule has 3 N–H and O–H groups in total. The molecule has 0 fully saturated rings. The minimum absolute atomic E-state index is 0.0170. The van der Waals surface area contributed by atoms with Crippen molar-refractivity contribution in [2.75, 3.05) is 0 Å². The van der Waals surface area contributed by atoms with Crippen molar-refractivity contribution in [2.24, 2.45) is 0 Å². The Labute approximate surface area is 186 Å². The Bertz CT molecular complexity index is 1190. The molecule has 0 radical (unpaired) electrons. The van der Waals surface area contributed by atoms with Gasteiger partial charge < -0.3 is 10.2 Å². The Balaban J connectivity index is 2.61. The molecule has 0 bridgehead atoms. The van der Waals surface area contributed by atoms with E-state index in [0.717, 1.165) is 18.2 Å². The van der Waals surface area contributed by atoms with Crippen LogP contribution in [0.5, 0.6) is 11.5 Å². The van der Waals surface area contributed by atoms with E-state index in [1.807, 2.05) is 0 Å². The normalized spacial score (nSPS) is 13.8. The van der Waals surface area contributed by atoms with Gasteiger partial charge in [-0.05, 0) is 47.5 Å². The van der Waals surface area contributed by atoms with Crippen molar-refractivity contribution >= 4 is 56.5 Å². The van der Waals surface area contributed by atoms with Crippen molar-refractivity contribution in [3.8, 4) is 11.5 Å². The van der Waals surface area contributed by atoms with E-state index in [-0.39, 0.29) is 48.3 Å². The van der Waals surface area contributed by atoms with Gasteiger partial charge >= 0.3 is 0 Å². The fourth-order valence-electron chi connectivity index (χ4n) is 3.22. The van der Waals surface area contributed by atoms with Gasteiger partial charge in [-0.2, -0.15) is 8.42 Å². The average Bonchev–Trinajstić information content (AvgIpc) is 2.59. The molecule has 0 saturated heterocycles. The molecule has 0 amide bonds. The lowest BCUT2D eigenvalue weighted by molar-refractivity contribution is 0.455. The fraction of sp³-hybridized carbons (Fsp3) is 0.0526. The zero-order valence-electron chi connectivity index (χ0n) is 14.3. The van der Waals surface area contributed by atoms with E-state index in [2.05, 4.69) is 0 Å². The van der Waals surface area contributed by atoms with Gasteiger partial charge in [-0.1, -0.05) is 64.6 Å². The molecule has 29 heavy (non-hydrogen) atoms. The van der Waals surface area contributed by atoms with Gasteiger partial charge in [-0.3, -0.25) is 4.55 Å². The molecule has 5 nitrogen and oxygen atoms in total. The van der Waals surface area contributed by atoms with E-state index in [1.165, 1.54) is 36.4 Å². The maximum atomic E-state index is 13.0. The summed E-state index contributed by atoms with van der Waals surface area (Å²) >= 11 is 24.7. The zero-order chi connectivity index (χ0) is 21.6. The maximum Gasteiger partial charge on any atom is 0.283 e. The van der Waals surface area contributed by atoms with Gasteiger partial charge in [-0.15, -0.1) is 0 Å². The van der Waals surface area contributed by atoms with E-state index < -0.39 is 14.9 Å². The predicted molar refractivity (Wildman–Crippen MR) is 114 cm³/mol. The van der Waals surface area contributed by atoms with Crippen LogP contribution in [0.15, 0.2) is 54.6 Å². The molecule has 0 aromatic heterocycles. The highest BCUT2D eigenvalue weighted by Crippen LogP contribution is 2.51. The van der Waals surface area contributed by atoms with Crippen LogP contribution in [0.25, 0.3) is 0 Å². The number of phenolic OH excluding ortho intramolecular Hbond substituents is 2. The van der Waals surface area contributed by atoms with Crippen LogP contribution in [-0.2, 0) is 14.9 Å². The molecule has 0 aliphatic carbocycles. The lowest BCUT2D eigenvalue weighted by Gasteiger charge is -2.34. The molecule has 0 aliphatic rings. The lowest BCUT2D eigenvalue weighted by atomic mass is 9.83. The molecule has 3 aromatic carbocycles. The molecular weight excluding hydrogens is 482 g/mol. The Kier molecular flexibility index (Phi) is 5.98. The molecule has 1 unspecified atom stereocenters. The molecule has 0 spiro atoms. The fourth-order valence-corrected chi connectivity index (χ4v) is 5.71. The van der Waals surface area contributed by atoms with E-state index >= 15 is 0 Å². The minimum atomic E-state index is -5.05. The minimum Gasteiger partial charge on any atom is -0.508 e. The average molecular weight is 494 g/mol. The van der Waals surface area contributed by atoms with E-state index in [0.29, 0.717) is 0 Å². The number of hydrogen-bond acceptors (Lipinski definition) is 4. The Morgan fingerprint density at radius 2 is 1.28 bits per heavy atom. The summed E-state index contributed by atoms with van der Waals surface area (Å²) < 4.78 is 34.0. The quantitative estimate of drug-likeness (QED) is 0.311. The molecule has 3 aromatic rings. The molecule has 10 heteroatoms. The first-order valence-electron chi connectivity index (χ1n) is 7.89. The molecule has 0 aliphatic heterocycles. The third kappa shape index (κ3) is 3.77. The summed E-state index contributed by atoms with van der Waals surface area (Å²) in [5, 5.41) is 19.5. The third-order valence-electron chi connectivity index (χ3n) is 4.34. The highest BCUT2D eigenvalue weighted by molar-refractivity contribution is 7.87. The number of halogens is 4. The van der Waals surface area contributed by atoms with E-state index in [1.54, 1.807) is 0 Å². The number of phenols is 2. The predicted octanol–water partition coefficient (Wildman–Crippen LogP) is 5.89. The largest absolute Gasteiger partial charge is 0.508 e. The van der Waals surface area contributed by atoms with Gasteiger partial charge in [-0.25, -0.2) is 0 Å². The number of aromatic hydroxyl groups is 2. The number of rotatable bonds is 4. The zero-order valence-corrected chi connectivity index (χ0v) is 18.1. The van der Waals surface area contributed by atoms with Crippen LogP contribution in [0.2, 0.25) is 20.1 Å². The van der Waals surface area contributed by atoms with Gasteiger partial charge in [0.2, 0.25) is 0 Å². The van der Waals surface area contributed by atoms with Crippen LogP contribution in [-0.4, -0.2) is 23.2 Å². The first-order chi connectivity index (χ1) is 13.5. The van der Waals surface area contributed by atoms with E-state index in [4.69, 9.17) is 46.4 Å². The van der Waals surface area contributed by atoms with Gasteiger partial charge in [0, 0.05) is 5.56 Å². The molecule has 0 saturated carbocycles. The molecule has 1 atom stereocenters. The van der Waals surface area contributed by atoms with Crippen molar-refractivity contribution in [3.63, 3.8) is 0 Å². The standard InChI is InChI=1S/C19H12Cl4O5S/c20-14-5-4-11(7-15(14)21)19(29(26,27)28,10-2-1-3-12(24)6-10)18-16(22)8-13(25)9-17(18)23/h1-9,24-25H,(H,26,27,28). The topological polar surface area (TPSA) is 94.8 Å². The molecule has 3 rings (SSSR count). The number of benzene rings is 3. The van der Waals surface area contributed by atoms with Crippen LogP contribution in [0, 0.1) is 0 Å². The summed E-state index contributed by atoms with van der Waals surface area (Å²) in [5.41, 5.74) is -0.326. The van der Waals surface area contributed by atoms with Crippen LogP contribution < -0.4 is 0 Å². The molecule has 0 heterocycles. The van der Waals surface area contributed by atoms with Gasteiger partial charge in [0.25, 0.3) is 10.1 Å². The van der Waals surface area contributed by atoms with Crippen molar-refractivity contribution < 1.29 is 23.2 Å². The smallest absolute Gasteiger partial charge is 0.283 e. The van der Waals surface area contributed by atoms with Gasteiger partial charge in [0.05, 0.1) is 20.1 Å². The summed E-state index contributed by atoms with van der Waals surface area (Å²) in [5.74, 6) is -0.570. The second kappa shape index (κ2) is 7.87. The van der Waals surface area contributed by atoms with Crippen LogP contribution in [0.4, 0.5) is 0 Å². The highest BCUT2D eigenvalue weighted by atomic mass is 35.5. The Morgan fingerprint density at radius 3 is 1.79 bits per heavy atom. The SMILES string of the molecule is O=S(=O)(O)C(c1cccc(O)c1)(c1ccc(Cl)c(Cl)c1)c1c(Cl)cc(O)cc1Cl. The Morgan fingerprint density at radius 1 is 0.690 bits per heavy atom. The van der Waals surface area contributed by atoms with Gasteiger partial charge in [0.15, 0.2) is 4.75 Å². The molecular formula is C19H12Cl4O5S. The second-order valence-corrected chi connectivity index (χ2v) is 9.31. The molecule has 152 valence electrons. The van der Waals surface area contributed by atoms with Crippen molar-refractivity contribution in [1.82, 2.24) is 0 Å². The first kappa shape index (κ1) is 22.0. The van der Waals surface area contributed by atoms with Crippen LogP contribution in [0.3, 0.4) is 0 Å². The summed E-state index contributed by atoms with van der Waals surface area (Å²) in [6.45, 7) is 0. The summed E-state index contributed by atoms with van der Waals surface area (Å²) in [7, 11) is -5.05. The first-order valence-corrected chi connectivity index (χ1v) is 10.8. The third-order valence-corrected chi connectivity index (χ3v) is 7.13. The summed E-state index contributed by atoms with van der Waals surface area (Å²) in [4.78, 5) is 0. The summed E-state index contributed by atoms with van der Waals surface area (Å²) in [6, 6.07) is 11.4. The van der Waals surface area contributed by atoms with E-state index in [9.17, 15) is 23.2 Å². The van der Waals surface area contributed by atoms with Crippen LogP contribution in [0.1, 0.15) is 16.7 Å². The van der Waals surface area contributed by atoms with Gasteiger partial charge in [0.1, 0.15) is 11.5 Å².